The number of benzene rings is 1. The van der Waals surface area contributed by atoms with E-state index in [0.717, 1.165) is 35.9 Å². The molecule has 0 fully saturated rings. The zero-order valence-electron chi connectivity index (χ0n) is 11.4. The lowest BCUT2D eigenvalue weighted by Gasteiger charge is -2.16. The number of hydrogen-bond acceptors (Lipinski definition) is 1. The fourth-order valence-electron chi connectivity index (χ4n) is 2.11. The van der Waals surface area contributed by atoms with Crippen molar-refractivity contribution in [3.63, 3.8) is 0 Å². The van der Waals surface area contributed by atoms with Crippen LogP contribution in [0.15, 0.2) is 24.4 Å². The van der Waals surface area contributed by atoms with Crippen LogP contribution >= 0.6 is 0 Å². The first-order valence-corrected chi connectivity index (χ1v) is 6.61. The van der Waals surface area contributed by atoms with Crippen LogP contribution in [-0.2, 0) is 11.2 Å². The Morgan fingerprint density at radius 2 is 2.21 bits per heavy atom. The van der Waals surface area contributed by atoms with Gasteiger partial charge in [0.15, 0.2) is 0 Å². The molecule has 2 rings (SSSR count). The molecule has 1 amide bonds. The van der Waals surface area contributed by atoms with Crippen LogP contribution < -0.4 is 0 Å². The summed E-state index contributed by atoms with van der Waals surface area (Å²) in [6, 6.07) is 4.58. The Balaban J connectivity index is 2.12. The van der Waals surface area contributed by atoms with Crippen LogP contribution in [0.5, 0.6) is 0 Å². The highest BCUT2D eigenvalue weighted by molar-refractivity contribution is 5.88. The highest BCUT2D eigenvalue weighted by Crippen LogP contribution is 2.20. The Kier molecular flexibility index (Phi) is 4.20. The molecule has 0 spiro atoms. The minimum atomic E-state index is -0.278. The van der Waals surface area contributed by atoms with Gasteiger partial charge in [0.2, 0.25) is 5.91 Å². The van der Waals surface area contributed by atoms with Crippen molar-refractivity contribution in [2.45, 2.75) is 26.2 Å². The molecule has 0 atom stereocenters. The van der Waals surface area contributed by atoms with Crippen molar-refractivity contribution in [3.8, 4) is 0 Å². The molecule has 0 unspecified atom stereocenters. The normalized spacial score (nSPS) is 10.9. The van der Waals surface area contributed by atoms with Gasteiger partial charge in [-0.25, -0.2) is 4.39 Å². The Bertz CT molecular complexity index is 577. The molecule has 0 bridgehead atoms. The molecule has 19 heavy (non-hydrogen) atoms. The number of halogens is 1. The topological polar surface area (TPSA) is 36.1 Å². The zero-order chi connectivity index (χ0) is 13.8. The summed E-state index contributed by atoms with van der Waals surface area (Å²) >= 11 is 0. The van der Waals surface area contributed by atoms with E-state index < -0.39 is 0 Å². The lowest BCUT2D eigenvalue weighted by molar-refractivity contribution is -0.129. The summed E-state index contributed by atoms with van der Waals surface area (Å²) in [4.78, 5) is 16.9. The molecule has 0 aliphatic carbocycles. The highest BCUT2D eigenvalue weighted by atomic mass is 19.1. The average molecular weight is 262 g/mol. The van der Waals surface area contributed by atoms with E-state index in [-0.39, 0.29) is 11.7 Å². The quantitative estimate of drug-likeness (QED) is 0.883. The number of likely N-dealkylation sites (N-methyl/N-ethyl adjacent to an activating group) is 1. The predicted molar refractivity (Wildman–Crippen MR) is 74.5 cm³/mol. The maximum absolute atomic E-state index is 13.2. The second kappa shape index (κ2) is 5.87. The molecule has 4 heteroatoms. The van der Waals surface area contributed by atoms with E-state index in [1.165, 1.54) is 12.1 Å². The van der Waals surface area contributed by atoms with Crippen molar-refractivity contribution >= 4 is 16.8 Å². The van der Waals surface area contributed by atoms with E-state index >= 15 is 0 Å². The number of amides is 1. The fraction of sp³-hybridized carbons (Fsp3) is 0.400. The largest absolute Gasteiger partial charge is 0.361 e. The first kappa shape index (κ1) is 13.6. The smallest absolute Gasteiger partial charge is 0.226 e. The van der Waals surface area contributed by atoms with Gasteiger partial charge in [0.05, 0.1) is 6.42 Å². The molecule has 2 aromatic rings. The number of H-pyrrole nitrogens is 1. The van der Waals surface area contributed by atoms with Gasteiger partial charge in [-0.15, -0.1) is 0 Å². The number of nitrogens with one attached hydrogen (secondary N) is 1. The number of aromatic nitrogens is 1. The third-order valence-electron chi connectivity index (χ3n) is 3.34. The molecule has 0 aliphatic rings. The Morgan fingerprint density at radius 3 is 2.95 bits per heavy atom. The SMILES string of the molecule is CCCCN(C)C(=O)Cc1c[nH]c2ccc(F)cc12. The van der Waals surface area contributed by atoms with Gasteiger partial charge in [0.1, 0.15) is 5.82 Å². The number of hydrogen-bond donors (Lipinski definition) is 1. The molecule has 1 aromatic carbocycles. The van der Waals surface area contributed by atoms with Crippen molar-refractivity contribution in [2.75, 3.05) is 13.6 Å². The standard InChI is InChI=1S/C15H19FN2O/c1-3-4-7-18(2)15(19)8-11-10-17-14-6-5-12(16)9-13(11)14/h5-6,9-10,17H,3-4,7-8H2,1-2H3. The first-order chi connectivity index (χ1) is 9.11. The minimum Gasteiger partial charge on any atom is -0.361 e. The number of nitrogens with zero attached hydrogens (tertiary/aromatic N) is 1. The molecule has 0 radical (unpaired) electrons. The summed E-state index contributed by atoms with van der Waals surface area (Å²) in [5.74, 6) is -0.209. The van der Waals surface area contributed by atoms with Crippen molar-refractivity contribution in [1.29, 1.82) is 0 Å². The van der Waals surface area contributed by atoms with Crippen LogP contribution in [0.25, 0.3) is 10.9 Å². The minimum absolute atomic E-state index is 0.0682. The molecule has 1 heterocycles. The van der Waals surface area contributed by atoms with Gasteiger partial charge in [-0.1, -0.05) is 13.3 Å². The summed E-state index contributed by atoms with van der Waals surface area (Å²) in [5, 5.41) is 0.789. The van der Waals surface area contributed by atoms with E-state index in [9.17, 15) is 9.18 Å². The summed E-state index contributed by atoms with van der Waals surface area (Å²) in [7, 11) is 1.81. The van der Waals surface area contributed by atoms with E-state index in [4.69, 9.17) is 0 Å². The number of carbonyl (C=O) groups excluding carboxylic acids is 1. The molecular weight excluding hydrogens is 243 g/mol. The van der Waals surface area contributed by atoms with Gasteiger partial charge in [-0.05, 0) is 30.2 Å². The Labute approximate surface area is 112 Å². The highest BCUT2D eigenvalue weighted by Gasteiger charge is 2.12. The zero-order valence-corrected chi connectivity index (χ0v) is 11.4. The lowest BCUT2D eigenvalue weighted by atomic mass is 10.1. The monoisotopic (exact) mass is 262 g/mol. The summed E-state index contributed by atoms with van der Waals surface area (Å²) in [6.45, 7) is 2.87. The second-order valence-corrected chi connectivity index (χ2v) is 4.85. The number of rotatable bonds is 5. The van der Waals surface area contributed by atoms with Crippen LogP contribution in [0.2, 0.25) is 0 Å². The number of unbranched alkanes of at least 4 members (excludes halogenated alkanes) is 1. The van der Waals surface area contributed by atoms with Crippen molar-refractivity contribution < 1.29 is 9.18 Å². The van der Waals surface area contributed by atoms with Crippen molar-refractivity contribution in [3.05, 3.63) is 35.8 Å². The van der Waals surface area contributed by atoms with Gasteiger partial charge in [0, 0.05) is 30.7 Å². The number of carbonyl (C=O) groups is 1. The maximum Gasteiger partial charge on any atom is 0.226 e. The second-order valence-electron chi connectivity index (χ2n) is 4.85. The molecule has 0 saturated heterocycles. The first-order valence-electron chi connectivity index (χ1n) is 6.61. The van der Waals surface area contributed by atoms with Gasteiger partial charge in [0.25, 0.3) is 0 Å². The fourth-order valence-corrected chi connectivity index (χ4v) is 2.11. The summed E-state index contributed by atoms with van der Waals surface area (Å²) in [5.41, 5.74) is 1.71. The van der Waals surface area contributed by atoms with Crippen LogP contribution in [0.1, 0.15) is 25.3 Å². The molecular formula is C15H19FN2O. The lowest BCUT2D eigenvalue weighted by Crippen LogP contribution is -2.29. The van der Waals surface area contributed by atoms with Crippen LogP contribution in [-0.4, -0.2) is 29.4 Å². The van der Waals surface area contributed by atoms with Crippen molar-refractivity contribution in [1.82, 2.24) is 9.88 Å². The Morgan fingerprint density at radius 1 is 1.42 bits per heavy atom. The van der Waals surface area contributed by atoms with E-state index in [2.05, 4.69) is 11.9 Å². The summed E-state index contributed by atoms with van der Waals surface area (Å²) in [6.07, 6.45) is 4.17. The molecule has 0 saturated carbocycles. The molecule has 3 nitrogen and oxygen atoms in total. The van der Waals surface area contributed by atoms with Gasteiger partial charge < -0.3 is 9.88 Å². The summed E-state index contributed by atoms with van der Waals surface area (Å²) < 4.78 is 13.2. The molecule has 0 aliphatic heterocycles. The molecule has 1 aromatic heterocycles. The van der Waals surface area contributed by atoms with E-state index in [1.54, 1.807) is 17.2 Å². The maximum atomic E-state index is 13.2. The predicted octanol–water partition coefficient (Wildman–Crippen LogP) is 3.11. The average Bonchev–Trinajstić information content (AvgIpc) is 2.78. The van der Waals surface area contributed by atoms with Crippen LogP contribution in [0.4, 0.5) is 4.39 Å². The van der Waals surface area contributed by atoms with Gasteiger partial charge in [-0.2, -0.15) is 0 Å². The third kappa shape index (κ3) is 3.13. The van der Waals surface area contributed by atoms with Crippen LogP contribution in [0, 0.1) is 5.82 Å². The Hall–Kier alpha value is -1.84. The van der Waals surface area contributed by atoms with Gasteiger partial charge >= 0.3 is 0 Å². The van der Waals surface area contributed by atoms with E-state index in [0.29, 0.717) is 6.42 Å². The van der Waals surface area contributed by atoms with Crippen molar-refractivity contribution in [2.24, 2.45) is 0 Å². The van der Waals surface area contributed by atoms with Crippen LogP contribution in [0.3, 0.4) is 0 Å². The number of aromatic amines is 1. The third-order valence-corrected chi connectivity index (χ3v) is 3.34. The van der Waals surface area contributed by atoms with Gasteiger partial charge in [-0.3, -0.25) is 4.79 Å². The van der Waals surface area contributed by atoms with E-state index in [1.807, 2.05) is 7.05 Å². The molecule has 102 valence electrons. The number of fused-ring (bicyclic) bond motifs is 1. The molecule has 1 N–H and O–H groups in total.